The van der Waals surface area contributed by atoms with Gasteiger partial charge in [-0.25, -0.2) is 0 Å². The van der Waals surface area contributed by atoms with Crippen molar-refractivity contribution < 1.29 is 22.7 Å². The third-order valence-corrected chi connectivity index (χ3v) is 3.93. The molecule has 3 rings (SSSR count). The van der Waals surface area contributed by atoms with E-state index in [0.29, 0.717) is 22.4 Å². The van der Waals surface area contributed by atoms with Gasteiger partial charge in [0.25, 0.3) is 5.91 Å². The predicted molar refractivity (Wildman–Crippen MR) is 96.8 cm³/mol. The Kier molecular flexibility index (Phi) is 5.08. The van der Waals surface area contributed by atoms with E-state index < -0.39 is 11.7 Å². The lowest BCUT2D eigenvalue weighted by molar-refractivity contribution is -0.137. The molecule has 0 atom stereocenters. The van der Waals surface area contributed by atoms with Crippen LogP contribution in [0.1, 0.15) is 29.8 Å². The van der Waals surface area contributed by atoms with Crippen molar-refractivity contribution in [3.8, 4) is 16.9 Å². The van der Waals surface area contributed by atoms with Crippen molar-refractivity contribution in [2.75, 3.05) is 0 Å². The zero-order valence-corrected chi connectivity index (χ0v) is 14.8. The maximum Gasteiger partial charge on any atom is 0.416 e. The molecular weight excluding hydrogens is 355 g/mol. The molecule has 0 aliphatic heterocycles. The van der Waals surface area contributed by atoms with E-state index in [1.807, 2.05) is 13.8 Å². The number of aromatic nitrogens is 1. The van der Waals surface area contributed by atoms with E-state index in [4.69, 9.17) is 4.74 Å². The highest BCUT2D eigenvalue weighted by Gasteiger charge is 2.30. The minimum atomic E-state index is -4.37. The van der Waals surface area contributed by atoms with Crippen molar-refractivity contribution in [1.82, 2.24) is 4.57 Å². The summed E-state index contributed by atoms with van der Waals surface area (Å²) in [6.07, 6.45) is -1.19. The number of hydrogen-bond donors (Lipinski definition) is 0. The summed E-state index contributed by atoms with van der Waals surface area (Å²) < 4.78 is 45.0. The third kappa shape index (κ3) is 4.39. The first-order valence-electron chi connectivity index (χ1n) is 8.41. The molecule has 0 saturated heterocycles. The lowest BCUT2D eigenvalue weighted by atomic mass is 10.1. The lowest BCUT2D eigenvalue weighted by Crippen LogP contribution is -2.11. The molecule has 0 amide bonds. The van der Waals surface area contributed by atoms with Crippen LogP contribution in [0.5, 0.6) is 5.75 Å². The quantitative estimate of drug-likeness (QED) is 0.592. The molecule has 3 nitrogen and oxygen atoms in total. The number of benzene rings is 2. The highest BCUT2D eigenvalue weighted by atomic mass is 19.4. The van der Waals surface area contributed by atoms with Crippen molar-refractivity contribution in [1.29, 1.82) is 0 Å². The number of halogens is 3. The molecule has 1 heterocycles. The van der Waals surface area contributed by atoms with E-state index in [9.17, 15) is 18.0 Å². The second-order valence-corrected chi connectivity index (χ2v) is 6.38. The van der Waals surface area contributed by atoms with Crippen molar-refractivity contribution in [2.45, 2.75) is 26.1 Å². The summed E-state index contributed by atoms with van der Waals surface area (Å²) in [5.74, 6) is 0.355. The highest BCUT2D eigenvalue weighted by molar-refractivity contribution is 5.96. The van der Waals surface area contributed by atoms with E-state index in [1.54, 1.807) is 42.7 Å². The van der Waals surface area contributed by atoms with Crippen LogP contribution in [0.4, 0.5) is 13.2 Å². The number of ether oxygens (including phenoxy) is 1. The first kappa shape index (κ1) is 18.8. The standard InChI is InChI=1S/C21H18F3NO2/c1-14(2)27-19-5-3-4-16(12-19)20(26)25-11-10-17(13-25)15-6-8-18(9-7-15)21(22,23)24/h3-14H,1-2H3. The van der Waals surface area contributed by atoms with Crippen LogP contribution in [-0.4, -0.2) is 16.6 Å². The first-order chi connectivity index (χ1) is 12.7. The molecule has 2 aromatic carbocycles. The van der Waals surface area contributed by atoms with Gasteiger partial charge in [-0.2, -0.15) is 13.2 Å². The van der Waals surface area contributed by atoms with Crippen molar-refractivity contribution in [3.63, 3.8) is 0 Å². The molecule has 0 radical (unpaired) electrons. The van der Waals surface area contributed by atoms with E-state index in [0.717, 1.165) is 12.1 Å². The van der Waals surface area contributed by atoms with Crippen molar-refractivity contribution in [2.24, 2.45) is 0 Å². The van der Waals surface area contributed by atoms with Gasteiger partial charge >= 0.3 is 6.18 Å². The summed E-state index contributed by atoms with van der Waals surface area (Å²) in [4.78, 5) is 12.7. The molecule has 0 N–H and O–H groups in total. The van der Waals surface area contributed by atoms with Crippen LogP contribution in [0.25, 0.3) is 11.1 Å². The Labute approximate surface area is 155 Å². The Bertz CT molecular complexity index is 941. The molecule has 0 aliphatic carbocycles. The average molecular weight is 373 g/mol. The fourth-order valence-corrected chi connectivity index (χ4v) is 2.67. The highest BCUT2D eigenvalue weighted by Crippen LogP contribution is 2.31. The van der Waals surface area contributed by atoms with Gasteiger partial charge in [0.15, 0.2) is 0 Å². The topological polar surface area (TPSA) is 31.2 Å². The summed E-state index contributed by atoms with van der Waals surface area (Å²) in [6.45, 7) is 3.80. The fourth-order valence-electron chi connectivity index (χ4n) is 2.67. The molecule has 0 aliphatic rings. The molecule has 0 bridgehead atoms. The molecule has 140 valence electrons. The summed E-state index contributed by atoms with van der Waals surface area (Å²) in [5, 5.41) is 0. The maximum atomic E-state index is 12.7. The van der Waals surface area contributed by atoms with Gasteiger partial charge in [0.05, 0.1) is 11.7 Å². The smallest absolute Gasteiger partial charge is 0.416 e. The summed E-state index contributed by atoms with van der Waals surface area (Å²) in [7, 11) is 0. The van der Waals surface area contributed by atoms with Crippen LogP contribution >= 0.6 is 0 Å². The predicted octanol–water partition coefficient (Wildman–Crippen LogP) is 5.65. The fraction of sp³-hybridized carbons (Fsp3) is 0.190. The molecule has 6 heteroatoms. The zero-order valence-electron chi connectivity index (χ0n) is 14.8. The van der Waals surface area contributed by atoms with Gasteiger partial charge in [-0.1, -0.05) is 18.2 Å². The van der Waals surface area contributed by atoms with E-state index in [2.05, 4.69) is 0 Å². The van der Waals surface area contributed by atoms with Crippen molar-refractivity contribution in [3.05, 3.63) is 78.1 Å². The normalized spacial score (nSPS) is 11.6. The Morgan fingerprint density at radius 1 is 1.00 bits per heavy atom. The van der Waals surface area contributed by atoms with Crippen LogP contribution in [-0.2, 0) is 6.18 Å². The van der Waals surface area contributed by atoms with E-state index in [-0.39, 0.29) is 12.0 Å². The van der Waals surface area contributed by atoms with E-state index in [1.165, 1.54) is 16.7 Å². The van der Waals surface area contributed by atoms with Gasteiger partial charge in [0.1, 0.15) is 5.75 Å². The second kappa shape index (κ2) is 7.31. The number of rotatable bonds is 4. The molecular formula is C21H18F3NO2. The number of carbonyl (C=O) groups excluding carboxylic acids is 1. The molecule has 1 aromatic heterocycles. The second-order valence-electron chi connectivity index (χ2n) is 6.38. The average Bonchev–Trinajstić information content (AvgIpc) is 3.10. The van der Waals surface area contributed by atoms with Crippen LogP contribution < -0.4 is 4.74 Å². The van der Waals surface area contributed by atoms with E-state index >= 15 is 0 Å². The maximum absolute atomic E-state index is 12.7. The summed E-state index contributed by atoms with van der Waals surface area (Å²) in [5.41, 5.74) is 1.02. The Morgan fingerprint density at radius 2 is 1.70 bits per heavy atom. The molecule has 3 aromatic rings. The van der Waals surface area contributed by atoms with Gasteiger partial charge in [-0.3, -0.25) is 9.36 Å². The Morgan fingerprint density at radius 3 is 2.33 bits per heavy atom. The Balaban J connectivity index is 1.82. The monoisotopic (exact) mass is 373 g/mol. The molecule has 0 spiro atoms. The molecule has 0 fully saturated rings. The van der Waals surface area contributed by atoms with Gasteiger partial charge in [0.2, 0.25) is 0 Å². The summed E-state index contributed by atoms with van der Waals surface area (Å²) in [6, 6.07) is 13.4. The van der Waals surface area contributed by atoms with Crippen LogP contribution in [0.2, 0.25) is 0 Å². The largest absolute Gasteiger partial charge is 0.491 e. The number of carbonyl (C=O) groups is 1. The van der Waals surface area contributed by atoms with Gasteiger partial charge in [-0.05, 0) is 61.4 Å². The van der Waals surface area contributed by atoms with Gasteiger partial charge in [0, 0.05) is 18.0 Å². The first-order valence-corrected chi connectivity index (χ1v) is 8.41. The van der Waals surface area contributed by atoms with Gasteiger partial charge < -0.3 is 4.74 Å². The zero-order chi connectivity index (χ0) is 19.6. The minimum absolute atomic E-state index is 0.00629. The van der Waals surface area contributed by atoms with Gasteiger partial charge in [-0.15, -0.1) is 0 Å². The summed E-state index contributed by atoms with van der Waals surface area (Å²) >= 11 is 0. The van der Waals surface area contributed by atoms with Crippen molar-refractivity contribution >= 4 is 5.91 Å². The minimum Gasteiger partial charge on any atom is -0.491 e. The molecule has 27 heavy (non-hydrogen) atoms. The number of nitrogens with zero attached hydrogens (tertiary/aromatic N) is 1. The third-order valence-electron chi connectivity index (χ3n) is 3.93. The molecule has 0 unspecified atom stereocenters. The van der Waals surface area contributed by atoms with Crippen LogP contribution in [0.3, 0.4) is 0 Å². The number of hydrogen-bond acceptors (Lipinski definition) is 2. The lowest BCUT2D eigenvalue weighted by Gasteiger charge is -2.10. The molecule has 0 saturated carbocycles. The van der Waals surface area contributed by atoms with Crippen LogP contribution in [0, 0.1) is 0 Å². The van der Waals surface area contributed by atoms with Crippen LogP contribution in [0.15, 0.2) is 67.0 Å². The number of alkyl halides is 3. The SMILES string of the molecule is CC(C)Oc1cccc(C(=O)n2ccc(-c3ccc(C(F)(F)F)cc3)c2)c1. The Hall–Kier alpha value is -3.02.